The number of aliphatic carboxylic acids is 1. The molecule has 0 bridgehead atoms. The molecule has 34 heavy (non-hydrogen) atoms. The molecule has 2 aromatic heterocycles. The predicted molar refractivity (Wildman–Crippen MR) is 125 cm³/mol. The summed E-state index contributed by atoms with van der Waals surface area (Å²) < 4.78 is 39.9. The van der Waals surface area contributed by atoms with Crippen LogP contribution >= 0.6 is 0 Å². The minimum Gasteiger partial charge on any atom is -0.748 e. The van der Waals surface area contributed by atoms with Gasteiger partial charge in [0.1, 0.15) is 12.1 Å². The molecule has 0 aliphatic carbocycles. The van der Waals surface area contributed by atoms with Gasteiger partial charge in [0, 0.05) is 54.9 Å². The molecule has 0 saturated heterocycles. The largest absolute Gasteiger partial charge is 0.748 e. The van der Waals surface area contributed by atoms with Crippen LogP contribution in [0.2, 0.25) is 0 Å². The Morgan fingerprint density at radius 3 is 2.82 bits per heavy atom. The number of hydrogen-bond donors (Lipinski definition) is 1. The van der Waals surface area contributed by atoms with E-state index in [0.29, 0.717) is 36.2 Å². The molecule has 0 saturated carbocycles. The van der Waals surface area contributed by atoms with Crippen LogP contribution in [0.25, 0.3) is 22.1 Å². The van der Waals surface area contributed by atoms with Crippen LogP contribution in [0.1, 0.15) is 31.2 Å². The van der Waals surface area contributed by atoms with Crippen LogP contribution < -0.4 is 15.1 Å². The zero-order valence-electron chi connectivity index (χ0n) is 18.6. The van der Waals surface area contributed by atoms with Crippen molar-refractivity contribution >= 4 is 32.7 Å². The highest BCUT2D eigenvalue weighted by Gasteiger charge is 2.20. The first-order valence-corrected chi connectivity index (χ1v) is 12.8. The second kappa shape index (κ2) is 9.94. The van der Waals surface area contributed by atoms with Gasteiger partial charge in [-0.25, -0.2) is 17.8 Å². The normalized spacial score (nSPS) is 13.7. The van der Waals surface area contributed by atoms with Gasteiger partial charge < -0.3 is 19.0 Å². The van der Waals surface area contributed by atoms with Crippen LogP contribution in [0.3, 0.4) is 0 Å². The average Bonchev–Trinajstić information content (AvgIpc) is 2.77. The zero-order chi connectivity index (χ0) is 24.3. The molecule has 4 rings (SSSR count). The molecule has 1 aromatic carbocycles. The van der Waals surface area contributed by atoms with E-state index in [-0.39, 0.29) is 12.8 Å². The molecule has 180 valence electrons. The number of aromatic nitrogens is 1. The Balaban J connectivity index is 1.61. The van der Waals surface area contributed by atoms with Gasteiger partial charge in [-0.1, -0.05) is 0 Å². The van der Waals surface area contributed by atoms with E-state index in [4.69, 9.17) is 9.52 Å². The van der Waals surface area contributed by atoms with Crippen molar-refractivity contribution in [1.29, 1.82) is 0 Å². The Morgan fingerprint density at radius 1 is 1.24 bits per heavy atom. The number of aryl methyl sites for hydroxylation is 2. The quantitative estimate of drug-likeness (QED) is 0.277. The van der Waals surface area contributed by atoms with Gasteiger partial charge in [0.15, 0.2) is 12.4 Å². The Kier molecular flexibility index (Phi) is 6.99. The highest BCUT2D eigenvalue weighted by molar-refractivity contribution is 7.85. The average molecular weight is 487 g/mol. The second-order valence-electron chi connectivity index (χ2n) is 8.50. The van der Waals surface area contributed by atoms with Crippen molar-refractivity contribution in [2.24, 2.45) is 0 Å². The highest BCUT2D eigenvalue weighted by Crippen LogP contribution is 2.32. The van der Waals surface area contributed by atoms with Gasteiger partial charge in [-0.3, -0.25) is 4.79 Å². The number of benzene rings is 1. The van der Waals surface area contributed by atoms with Gasteiger partial charge in [-0.2, -0.15) is 0 Å². The lowest BCUT2D eigenvalue weighted by Crippen LogP contribution is -2.34. The Bertz CT molecular complexity index is 1380. The SMILES string of the molecule is O=C(O)CCCN1CCCc2cc3cc(-c4ccc[n+](CCCS(=O)(=O)[O-])c4)c(=O)oc3cc21. The number of fused-ring (bicyclic) bond motifs is 2. The third-order valence-corrected chi connectivity index (χ3v) is 6.74. The standard InChI is InChI=1S/C24H26N2O7S/c27-23(28)7-3-11-26-10-2-5-17-13-19-14-20(24(29)33-22(19)15-21(17)26)18-6-1-8-25(16-18)9-4-12-34(30,31)32/h1,6,8,13-16H,2-5,7,9-12H2,(H-,27,28,30,31,32). The van der Waals surface area contributed by atoms with Crippen molar-refractivity contribution in [3.63, 3.8) is 0 Å². The summed E-state index contributed by atoms with van der Waals surface area (Å²) in [5, 5.41) is 9.72. The van der Waals surface area contributed by atoms with Crippen molar-refractivity contribution in [3.8, 4) is 11.1 Å². The maximum Gasteiger partial charge on any atom is 0.344 e. The number of rotatable bonds is 9. The number of pyridine rings is 1. The van der Waals surface area contributed by atoms with E-state index in [9.17, 15) is 22.6 Å². The predicted octanol–water partition coefficient (Wildman–Crippen LogP) is 2.30. The summed E-state index contributed by atoms with van der Waals surface area (Å²) in [6.07, 6.45) is 6.18. The number of hydrogen-bond acceptors (Lipinski definition) is 7. The number of carboxylic acids is 1. The minimum absolute atomic E-state index is 0.113. The molecule has 10 heteroatoms. The number of carbonyl (C=O) groups is 1. The van der Waals surface area contributed by atoms with Gasteiger partial charge in [-0.05, 0) is 43.0 Å². The molecule has 0 spiro atoms. The first-order chi connectivity index (χ1) is 16.2. The van der Waals surface area contributed by atoms with Crippen LogP contribution in [-0.2, 0) is 27.9 Å². The molecule has 1 aliphatic heterocycles. The number of nitrogens with zero attached hydrogens (tertiary/aromatic N) is 2. The second-order valence-corrected chi connectivity index (χ2v) is 10.0. The fourth-order valence-corrected chi connectivity index (χ4v) is 4.86. The van der Waals surface area contributed by atoms with Gasteiger partial charge in [0.05, 0.1) is 21.2 Å². The smallest absolute Gasteiger partial charge is 0.344 e. The molecule has 1 aliphatic rings. The maximum absolute atomic E-state index is 12.8. The monoisotopic (exact) mass is 486 g/mol. The van der Waals surface area contributed by atoms with Crippen molar-refractivity contribution in [1.82, 2.24) is 0 Å². The van der Waals surface area contributed by atoms with Crippen LogP contribution in [-0.4, -0.2) is 42.9 Å². The third-order valence-electron chi connectivity index (χ3n) is 5.95. The van der Waals surface area contributed by atoms with Gasteiger partial charge in [-0.15, -0.1) is 0 Å². The fraction of sp³-hybridized carbons (Fsp3) is 0.375. The van der Waals surface area contributed by atoms with Crippen LogP contribution in [0, 0.1) is 0 Å². The van der Waals surface area contributed by atoms with E-state index in [2.05, 4.69) is 4.90 Å². The molecule has 0 fully saturated rings. The van der Waals surface area contributed by atoms with E-state index in [1.807, 2.05) is 12.1 Å². The molecule has 3 aromatic rings. The summed E-state index contributed by atoms with van der Waals surface area (Å²) in [6.45, 7) is 1.79. The minimum atomic E-state index is -4.27. The van der Waals surface area contributed by atoms with Crippen molar-refractivity contribution in [2.45, 2.75) is 38.6 Å². The van der Waals surface area contributed by atoms with E-state index in [1.165, 1.54) is 0 Å². The summed E-state index contributed by atoms with van der Waals surface area (Å²) >= 11 is 0. The summed E-state index contributed by atoms with van der Waals surface area (Å²) in [4.78, 5) is 25.8. The van der Waals surface area contributed by atoms with Gasteiger partial charge in [0.25, 0.3) is 0 Å². The van der Waals surface area contributed by atoms with Gasteiger partial charge in [0.2, 0.25) is 0 Å². The van der Waals surface area contributed by atoms with Crippen molar-refractivity contribution in [2.75, 3.05) is 23.7 Å². The molecule has 3 heterocycles. The molecule has 1 N–H and O–H groups in total. The molecular weight excluding hydrogens is 460 g/mol. The lowest BCUT2D eigenvalue weighted by atomic mass is 9.98. The lowest BCUT2D eigenvalue weighted by Gasteiger charge is -2.31. The van der Waals surface area contributed by atoms with Crippen molar-refractivity contribution in [3.05, 3.63) is 58.7 Å². The molecule has 0 radical (unpaired) electrons. The fourth-order valence-electron chi connectivity index (χ4n) is 4.38. The van der Waals surface area contributed by atoms with E-state index in [0.717, 1.165) is 36.0 Å². The molecule has 9 nitrogen and oxygen atoms in total. The van der Waals surface area contributed by atoms with Gasteiger partial charge >= 0.3 is 11.6 Å². The highest BCUT2D eigenvalue weighted by atomic mass is 32.2. The number of carboxylic acid groups (broad SMARTS) is 1. The third kappa shape index (κ3) is 5.81. The van der Waals surface area contributed by atoms with E-state index < -0.39 is 27.5 Å². The maximum atomic E-state index is 12.8. The molecule has 0 unspecified atom stereocenters. The molecular formula is C24H26N2O7S. The van der Waals surface area contributed by atoms with E-state index in [1.54, 1.807) is 35.2 Å². The molecule has 0 atom stereocenters. The first kappa shape index (κ1) is 23.9. The summed E-state index contributed by atoms with van der Waals surface area (Å²) in [6, 6.07) is 9.22. The summed E-state index contributed by atoms with van der Waals surface area (Å²) in [7, 11) is -4.27. The van der Waals surface area contributed by atoms with Crippen LogP contribution in [0.5, 0.6) is 0 Å². The Hall–Kier alpha value is -3.24. The number of anilines is 1. The zero-order valence-corrected chi connectivity index (χ0v) is 19.4. The molecule has 0 amide bonds. The topological polar surface area (TPSA) is 132 Å². The Morgan fingerprint density at radius 2 is 2.06 bits per heavy atom. The van der Waals surface area contributed by atoms with Crippen molar-refractivity contribution < 1.29 is 31.9 Å². The first-order valence-electron chi connectivity index (χ1n) is 11.2. The summed E-state index contributed by atoms with van der Waals surface area (Å²) in [5.74, 6) is -1.26. The van der Waals surface area contributed by atoms with Crippen LogP contribution in [0.15, 0.2) is 51.9 Å². The summed E-state index contributed by atoms with van der Waals surface area (Å²) in [5.41, 5.74) is 3.13. The van der Waals surface area contributed by atoms with Crippen LogP contribution in [0.4, 0.5) is 5.69 Å². The Labute approximate surface area is 197 Å². The van der Waals surface area contributed by atoms with E-state index >= 15 is 0 Å². The lowest BCUT2D eigenvalue weighted by molar-refractivity contribution is -0.696.